The van der Waals surface area contributed by atoms with E-state index in [1.165, 1.54) is 19.3 Å². The lowest BCUT2D eigenvalue weighted by molar-refractivity contribution is 0.0880. The van der Waals surface area contributed by atoms with Crippen LogP contribution in [0.3, 0.4) is 0 Å². The van der Waals surface area contributed by atoms with E-state index in [1.54, 1.807) is 6.07 Å². The Morgan fingerprint density at radius 1 is 1.38 bits per heavy atom. The first-order chi connectivity index (χ1) is 7.66. The van der Waals surface area contributed by atoms with Gasteiger partial charge in [-0.1, -0.05) is 19.8 Å². The summed E-state index contributed by atoms with van der Waals surface area (Å²) >= 11 is 0. The molecule has 3 nitrogen and oxygen atoms in total. The van der Waals surface area contributed by atoms with E-state index >= 15 is 0 Å². The molecule has 0 radical (unpaired) electrons. The number of nitrogens with one attached hydrogen (secondary N) is 1. The third-order valence-corrected chi connectivity index (χ3v) is 3.39. The van der Waals surface area contributed by atoms with Crippen molar-refractivity contribution in [3.8, 4) is 0 Å². The maximum atomic E-state index is 11.9. The summed E-state index contributed by atoms with van der Waals surface area (Å²) in [7, 11) is 0. The molecule has 0 bridgehead atoms. The highest BCUT2D eigenvalue weighted by atomic mass is 16.3. The van der Waals surface area contributed by atoms with Crippen molar-refractivity contribution in [3.63, 3.8) is 0 Å². The predicted octanol–water partition coefficient (Wildman–Crippen LogP) is 2.90. The maximum Gasteiger partial charge on any atom is 0.287 e. The third kappa shape index (κ3) is 2.46. The van der Waals surface area contributed by atoms with Crippen LogP contribution in [0.1, 0.15) is 48.9 Å². The summed E-state index contributed by atoms with van der Waals surface area (Å²) in [4.78, 5) is 11.9. The van der Waals surface area contributed by atoms with Gasteiger partial charge in [-0.3, -0.25) is 4.79 Å². The standard InChI is InChI=1S/C13H19NO2/c1-9-5-3-4-6-11(9)14-13(15)12-8-7-10(2)16-12/h7-9,11H,3-6H2,1-2H3,(H,14,15)/t9-,11+/m0/s1. The van der Waals surface area contributed by atoms with Gasteiger partial charge >= 0.3 is 0 Å². The molecule has 1 heterocycles. The van der Waals surface area contributed by atoms with E-state index < -0.39 is 0 Å². The highest BCUT2D eigenvalue weighted by Gasteiger charge is 2.24. The number of amides is 1. The van der Waals surface area contributed by atoms with Gasteiger partial charge in [-0.2, -0.15) is 0 Å². The highest BCUT2D eigenvalue weighted by Crippen LogP contribution is 2.24. The van der Waals surface area contributed by atoms with E-state index in [-0.39, 0.29) is 5.91 Å². The van der Waals surface area contributed by atoms with Crippen molar-refractivity contribution in [2.45, 2.75) is 45.6 Å². The van der Waals surface area contributed by atoms with Gasteiger partial charge in [-0.15, -0.1) is 0 Å². The quantitative estimate of drug-likeness (QED) is 0.834. The first-order valence-electron chi connectivity index (χ1n) is 6.04. The number of carbonyl (C=O) groups excluding carboxylic acids is 1. The minimum Gasteiger partial charge on any atom is -0.456 e. The Balaban J connectivity index is 1.96. The van der Waals surface area contributed by atoms with Crippen LogP contribution in [0.15, 0.2) is 16.5 Å². The molecule has 1 saturated carbocycles. The van der Waals surface area contributed by atoms with Gasteiger partial charge in [0.05, 0.1) is 0 Å². The van der Waals surface area contributed by atoms with E-state index in [2.05, 4.69) is 12.2 Å². The van der Waals surface area contributed by atoms with Crippen LogP contribution in [0.25, 0.3) is 0 Å². The van der Waals surface area contributed by atoms with Crippen molar-refractivity contribution in [1.29, 1.82) is 0 Å². The Hall–Kier alpha value is -1.25. The molecule has 2 atom stereocenters. The van der Waals surface area contributed by atoms with Crippen LogP contribution in [0.5, 0.6) is 0 Å². The van der Waals surface area contributed by atoms with Gasteiger partial charge in [0.25, 0.3) is 5.91 Å². The highest BCUT2D eigenvalue weighted by molar-refractivity contribution is 5.91. The van der Waals surface area contributed by atoms with Crippen molar-refractivity contribution < 1.29 is 9.21 Å². The smallest absolute Gasteiger partial charge is 0.287 e. The maximum absolute atomic E-state index is 11.9. The molecule has 0 unspecified atom stereocenters. The van der Waals surface area contributed by atoms with Crippen LogP contribution in [0.4, 0.5) is 0 Å². The van der Waals surface area contributed by atoms with Crippen molar-refractivity contribution in [2.75, 3.05) is 0 Å². The van der Waals surface area contributed by atoms with E-state index in [4.69, 9.17) is 4.42 Å². The number of aryl methyl sites for hydroxylation is 1. The first-order valence-corrected chi connectivity index (χ1v) is 6.04. The summed E-state index contributed by atoms with van der Waals surface area (Å²) in [5, 5.41) is 3.07. The lowest BCUT2D eigenvalue weighted by Gasteiger charge is -2.29. The molecule has 1 aliphatic rings. The van der Waals surface area contributed by atoms with E-state index in [0.29, 0.717) is 17.7 Å². The molecule has 1 N–H and O–H groups in total. The average molecular weight is 221 g/mol. The Morgan fingerprint density at radius 3 is 2.75 bits per heavy atom. The molecule has 16 heavy (non-hydrogen) atoms. The van der Waals surface area contributed by atoms with Crippen LogP contribution < -0.4 is 5.32 Å². The molecule has 1 aromatic heterocycles. The fraction of sp³-hybridized carbons (Fsp3) is 0.615. The molecule has 0 saturated heterocycles. The van der Waals surface area contributed by atoms with E-state index in [0.717, 1.165) is 12.2 Å². The van der Waals surface area contributed by atoms with Crippen LogP contribution >= 0.6 is 0 Å². The zero-order chi connectivity index (χ0) is 11.5. The molecule has 1 aliphatic carbocycles. The Bertz CT molecular complexity index is 370. The summed E-state index contributed by atoms with van der Waals surface area (Å²) in [6, 6.07) is 3.86. The molecule has 2 rings (SSSR count). The van der Waals surface area contributed by atoms with Crippen molar-refractivity contribution in [2.24, 2.45) is 5.92 Å². The molecule has 1 aromatic rings. The van der Waals surface area contributed by atoms with Gasteiger partial charge in [0.1, 0.15) is 5.76 Å². The summed E-state index contributed by atoms with van der Waals surface area (Å²) in [5.41, 5.74) is 0. The van der Waals surface area contributed by atoms with Gasteiger partial charge in [0.15, 0.2) is 5.76 Å². The van der Waals surface area contributed by atoms with Crippen LogP contribution in [0.2, 0.25) is 0 Å². The molecule has 0 aromatic carbocycles. The second kappa shape index (κ2) is 4.73. The van der Waals surface area contributed by atoms with Crippen molar-refractivity contribution in [1.82, 2.24) is 5.32 Å². The molecular weight excluding hydrogens is 202 g/mol. The molecule has 88 valence electrons. The molecule has 1 fully saturated rings. The number of rotatable bonds is 2. The second-order valence-corrected chi connectivity index (χ2v) is 4.75. The molecule has 0 spiro atoms. The van der Waals surface area contributed by atoms with Gasteiger partial charge in [-0.05, 0) is 37.8 Å². The SMILES string of the molecule is Cc1ccc(C(=O)N[C@@H]2CCCC[C@@H]2C)o1. The summed E-state index contributed by atoms with van der Waals surface area (Å²) in [6.45, 7) is 4.05. The van der Waals surface area contributed by atoms with Gasteiger partial charge in [0.2, 0.25) is 0 Å². The summed E-state index contributed by atoms with van der Waals surface area (Å²) < 4.78 is 5.31. The Labute approximate surface area is 96.2 Å². The van der Waals surface area contributed by atoms with E-state index in [9.17, 15) is 4.79 Å². The average Bonchev–Trinajstić information content (AvgIpc) is 2.68. The topological polar surface area (TPSA) is 42.2 Å². The Kier molecular flexibility index (Phi) is 3.32. The van der Waals surface area contributed by atoms with Gasteiger partial charge in [-0.25, -0.2) is 0 Å². The van der Waals surface area contributed by atoms with Gasteiger partial charge in [0, 0.05) is 6.04 Å². The van der Waals surface area contributed by atoms with Gasteiger partial charge < -0.3 is 9.73 Å². The van der Waals surface area contributed by atoms with Crippen LogP contribution in [-0.4, -0.2) is 11.9 Å². The number of furan rings is 1. The fourth-order valence-corrected chi connectivity index (χ4v) is 2.33. The first kappa shape index (κ1) is 11.2. The minimum atomic E-state index is -0.0770. The lowest BCUT2D eigenvalue weighted by Crippen LogP contribution is -2.40. The second-order valence-electron chi connectivity index (χ2n) is 4.75. The Morgan fingerprint density at radius 2 is 2.12 bits per heavy atom. The zero-order valence-corrected chi connectivity index (χ0v) is 9.95. The predicted molar refractivity (Wildman–Crippen MR) is 62.3 cm³/mol. The molecular formula is C13H19NO2. The fourth-order valence-electron chi connectivity index (χ4n) is 2.33. The molecule has 0 aliphatic heterocycles. The third-order valence-electron chi connectivity index (χ3n) is 3.39. The monoisotopic (exact) mass is 221 g/mol. The number of hydrogen-bond donors (Lipinski definition) is 1. The molecule has 1 amide bonds. The summed E-state index contributed by atoms with van der Waals surface area (Å²) in [5.74, 6) is 1.71. The van der Waals surface area contributed by atoms with E-state index in [1.807, 2.05) is 13.0 Å². The largest absolute Gasteiger partial charge is 0.456 e. The normalized spacial score (nSPS) is 25.4. The van der Waals surface area contributed by atoms with Crippen LogP contribution in [-0.2, 0) is 0 Å². The summed E-state index contributed by atoms with van der Waals surface area (Å²) in [6.07, 6.45) is 4.80. The lowest BCUT2D eigenvalue weighted by atomic mass is 9.86. The minimum absolute atomic E-state index is 0.0770. The molecule has 3 heteroatoms. The zero-order valence-electron chi connectivity index (χ0n) is 9.95. The van der Waals surface area contributed by atoms with Crippen molar-refractivity contribution >= 4 is 5.91 Å². The van der Waals surface area contributed by atoms with Crippen molar-refractivity contribution in [3.05, 3.63) is 23.7 Å². The number of carbonyl (C=O) groups is 1. The van der Waals surface area contributed by atoms with Crippen LogP contribution in [0, 0.1) is 12.8 Å². The number of hydrogen-bond acceptors (Lipinski definition) is 2.